The highest BCUT2D eigenvalue weighted by molar-refractivity contribution is 7.92. The number of rotatable bonds is 13. The van der Waals surface area contributed by atoms with Gasteiger partial charge in [-0.3, -0.25) is 47.6 Å². The van der Waals surface area contributed by atoms with Crippen LogP contribution >= 0.6 is 0 Å². The van der Waals surface area contributed by atoms with Crippen LogP contribution in [0.15, 0.2) is 85.2 Å². The number of imide groups is 2. The van der Waals surface area contributed by atoms with Gasteiger partial charge in [0.05, 0.1) is 59.2 Å². The number of pyridine rings is 2. The van der Waals surface area contributed by atoms with Gasteiger partial charge in [-0.1, -0.05) is 65.8 Å². The van der Waals surface area contributed by atoms with E-state index in [4.69, 9.17) is 4.43 Å². The SMILES string of the molecule is CC(C)[Si](Oc1c2c(c(N(C)S(C)(=O)=O)c3cccnc13)C(=O)N(Cc1ccc(F)cc1)C2=O)(C(C)C)C(C)C.CN(c1c2c(c(O)c3ncccc13)C(=O)N(Cc1ccc(F)cc1)C2=O)S(C)(=O)=O. The van der Waals surface area contributed by atoms with E-state index in [-0.39, 0.29) is 80.0 Å². The van der Waals surface area contributed by atoms with E-state index in [9.17, 15) is 49.9 Å². The zero-order valence-electron chi connectivity index (χ0n) is 40.1. The molecule has 0 spiro atoms. The number of phenolic OH excluding ortho intramolecular Hbond substituents is 1. The summed E-state index contributed by atoms with van der Waals surface area (Å²) in [5, 5.41) is 11.3. The summed E-state index contributed by atoms with van der Waals surface area (Å²) in [6, 6.07) is 17.2. The van der Waals surface area contributed by atoms with E-state index < -0.39 is 69.4 Å². The van der Waals surface area contributed by atoms with Crippen LogP contribution in [-0.2, 0) is 33.1 Å². The minimum Gasteiger partial charge on any atom is -0.541 e. The summed E-state index contributed by atoms with van der Waals surface area (Å²) >= 11 is 0. The first-order valence-electron chi connectivity index (χ1n) is 22.1. The van der Waals surface area contributed by atoms with Crippen molar-refractivity contribution in [2.24, 2.45) is 0 Å². The van der Waals surface area contributed by atoms with Gasteiger partial charge in [-0.25, -0.2) is 25.6 Å². The van der Waals surface area contributed by atoms with Crippen LogP contribution in [0, 0.1) is 11.6 Å². The molecule has 368 valence electrons. The van der Waals surface area contributed by atoms with Crippen molar-refractivity contribution in [3.05, 3.63) is 130 Å². The van der Waals surface area contributed by atoms with Crippen LogP contribution in [0.1, 0.15) is 94.1 Å². The van der Waals surface area contributed by atoms with E-state index in [0.29, 0.717) is 22.0 Å². The van der Waals surface area contributed by atoms with Crippen molar-refractivity contribution in [1.82, 2.24) is 19.8 Å². The van der Waals surface area contributed by atoms with E-state index in [1.807, 2.05) is 0 Å². The summed E-state index contributed by atoms with van der Waals surface area (Å²) < 4.78 is 85.8. The minimum atomic E-state index is -3.83. The largest absolute Gasteiger partial charge is 0.541 e. The molecule has 0 unspecified atom stereocenters. The number of aromatic hydroxyl groups is 1. The molecule has 0 aliphatic carbocycles. The molecular formula is C49H52F2N6O10S2Si. The Morgan fingerprint density at radius 1 is 0.586 bits per heavy atom. The predicted molar refractivity (Wildman–Crippen MR) is 265 cm³/mol. The lowest BCUT2D eigenvalue weighted by Gasteiger charge is -2.42. The Bertz CT molecular complexity index is 3340. The fourth-order valence-corrected chi connectivity index (χ4v) is 15.8. The molecule has 70 heavy (non-hydrogen) atoms. The minimum absolute atomic E-state index is 0.00605. The van der Waals surface area contributed by atoms with Crippen LogP contribution < -0.4 is 13.0 Å². The van der Waals surface area contributed by atoms with E-state index >= 15 is 0 Å². The number of sulfonamides is 2. The topological polar surface area (TPSA) is 205 Å². The Morgan fingerprint density at radius 2 is 0.943 bits per heavy atom. The fraction of sp³-hybridized carbons (Fsp3) is 0.306. The average molecular weight is 1020 g/mol. The Balaban J connectivity index is 0.000000215. The molecular weight excluding hydrogens is 963 g/mol. The van der Waals surface area contributed by atoms with Gasteiger partial charge in [-0.2, -0.15) is 0 Å². The monoisotopic (exact) mass is 1010 g/mol. The normalized spacial score (nSPS) is 14.0. The van der Waals surface area contributed by atoms with Gasteiger partial charge in [0.2, 0.25) is 20.0 Å². The third kappa shape index (κ3) is 8.85. The third-order valence-corrected chi connectivity index (χ3v) is 21.3. The molecule has 2 aliphatic rings. The fourth-order valence-electron chi connectivity index (χ4n) is 9.54. The standard InChI is InChI=1S/C29H36FN3O5SSi.C20H16FN3O5S/c1-17(2)40(18(3)4,19(5)6)38-27-24-23(26(32(7)39(8,36)37)22-10-9-15-31-25(22)27)28(34)33(29(24)35)16-20-11-13-21(30)14-12-20;1-23(30(2,28)29)17-13-4-3-9-22-16(13)18(25)15-14(17)19(26)24(20(15)27)10-11-5-7-12(21)8-6-11/h9-15,17-19H,16H2,1-8H3;3-9,25H,10H2,1-2H3. The molecule has 0 fully saturated rings. The molecule has 6 aromatic rings. The highest BCUT2D eigenvalue weighted by Crippen LogP contribution is 2.50. The first kappa shape index (κ1) is 51.0. The molecule has 2 aromatic heterocycles. The molecule has 1 N–H and O–H groups in total. The van der Waals surface area contributed by atoms with Gasteiger partial charge < -0.3 is 9.53 Å². The number of carbonyl (C=O) groups is 4. The molecule has 0 radical (unpaired) electrons. The second-order valence-corrected chi connectivity index (χ2v) is 27.6. The van der Waals surface area contributed by atoms with Crippen molar-refractivity contribution in [3.63, 3.8) is 0 Å². The lowest BCUT2D eigenvalue weighted by atomic mass is 10.0. The number of phenols is 1. The summed E-state index contributed by atoms with van der Waals surface area (Å²) in [6.45, 7) is 12.4. The quantitative estimate of drug-likeness (QED) is 0.0856. The number of hydrogen-bond acceptors (Lipinski definition) is 12. The number of fused-ring (bicyclic) bond motifs is 4. The van der Waals surface area contributed by atoms with Crippen molar-refractivity contribution < 1.29 is 54.3 Å². The van der Waals surface area contributed by atoms with Gasteiger partial charge in [0.1, 0.15) is 28.4 Å². The van der Waals surface area contributed by atoms with Crippen LogP contribution in [0.3, 0.4) is 0 Å². The van der Waals surface area contributed by atoms with Crippen LogP contribution in [0.4, 0.5) is 20.2 Å². The molecule has 4 aromatic carbocycles. The van der Waals surface area contributed by atoms with Crippen molar-refractivity contribution in [2.45, 2.75) is 71.3 Å². The van der Waals surface area contributed by atoms with Gasteiger partial charge >= 0.3 is 0 Å². The summed E-state index contributed by atoms with van der Waals surface area (Å²) in [6.07, 6.45) is 4.95. The molecule has 2 aliphatic heterocycles. The molecule has 0 atom stereocenters. The molecule has 4 heterocycles. The molecule has 8 rings (SSSR count). The maximum atomic E-state index is 14.1. The number of nitrogens with zero attached hydrogens (tertiary/aromatic N) is 6. The van der Waals surface area contributed by atoms with Gasteiger partial charge in [0.15, 0.2) is 5.75 Å². The molecule has 16 nitrogen and oxygen atoms in total. The lowest BCUT2D eigenvalue weighted by molar-refractivity contribution is 0.0626. The Hall–Kier alpha value is -6.84. The van der Waals surface area contributed by atoms with Crippen molar-refractivity contribution in [3.8, 4) is 11.5 Å². The zero-order valence-corrected chi connectivity index (χ0v) is 42.7. The Kier molecular flexibility index (Phi) is 13.7. The van der Waals surface area contributed by atoms with Crippen molar-refractivity contribution >= 4 is 85.2 Å². The van der Waals surface area contributed by atoms with Crippen LogP contribution in [0.25, 0.3) is 21.8 Å². The number of anilines is 2. The number of carbonyl (C=O) groups excluding carboxylic acids is 4. The number of benzene rings is 4. The van der Waals surface area contributed by atoms with E-state index in [0.717, 1.165) is 30.9 Å². The first-order valence-corrected chi connectivity index (χ1v) is 27.9. The Labute approximate surface area is 405 Å². The number of aromatic nitrogens is 2. The molecule has 0 saturated carbocycles. The van der Waals surface area contributed by atoms with Crippen molar-refractivity contribution in [2.75, 3.05) is 35.2 Å². The van der Waals surface area contributed by atoms with Gasteiger partial charge in [-0.05, 0) is 76.3 Å². The first-order chi connectivity index (χ1) is 32.7. The summed E-state index contributed by atoms with van der Waals surface area (Å²) in [5.74, 6) is -3.96. The lowest BCUT2D eigenvalue weighted by Crippen LogP contribution is -2.51. The van der Waals surface area contributed by atoms with Crippen LogP contribution in [0.5, 0.6) is 11.5 Å². The van der Waals surface area contributed by atoms with Crippen LogP contribution in [-0.4, -0.2) is 100 Å². The number of hydrogen-bond donors (Lipinski definition) is 1. The molecule has 0 saturated heterocycles. The average Bonchev–Trinajstić information content (AvgIpc) is 3.68. The van der Waals surface area contributed by atoms with E-state index in [1.165, 1.54) is 81.0 Å². The van der Waals surface area contributed by atoms with E-state index in [2.05, 4.69) is 51.5 Å². The second-order valence-electron chi connectivity index (χ2n) is 18.2. The van der Waals surface area contributed by atoms with E-state index in [1.54, 1.807) is 18.3 Å². The van der Waals surface area contributed by atoms with Gasteiger partial charge in [-0.15, -0.1) is 0 Å². The highest BCUT2D eigenvalue weighted by Gasteiger charge is 2.51. The molecule has 21 heteroatoms. The zero-order chi connectivity index (χ0) is 51.5. The Morgan fingerprint density at radius 3 is 1.34 bits per heavy atom. The number of halogens is 2. The van der Waals surface area contributed by atoms with Gasteiger partial charge in [0, 0.05) is 37.3 Å². The van der Waals surface area contributed by atoms with Gasteiger partial charge in [0.25, 0.3) is 31.9 Å². The maximum Gasteiger partial charge on any atom is 0.265 e. The maximum absolute atomic E-state index is 14.1. The molecule has 4 amide bonds. The number of amides is 4. The predicted octanol–water partition coefficient (Wildman–Crippen LogP) is 8.39. The second kappa shape index (κ2) is 18.8. The summed E-state index contributed by atoms with van der Waals surface area (Å²) in [5.41, 5.74) is 1.35. The summed E-state index contributed by atoms with van der Waals surface area (Å²) in [7, 11) is -7.68. The van der Waals surface area contributed by atoms with Crippen molar-refractivity contribution in [1.29, 1.82) is 0 Å². The third-order valence-electron chi connectivity index (χ3n) is 13.0. The summed E-state index contributed by atoms with van der Waals surface area (Å²) in [4.78, 5) is 65.0. The van der Waals surface area contributed by atoms with Crippen LogP contribution in [0.2, 0.25) is 16.6 Å². The highest BCUT2D eigenvalue weighted by atomic mass is 32.2. The smallest absolute Gasteiger partial charge is 0.265 e. The molecule has 0 bridgehead atoms.